The topological polar surface area (TPSA) is 50.3 Å². The van der Waals surface area contributed by atoms with Crippen LogP contribution in [0.1, 0.15) is 16.7 Å². The number of hydrogen-bond donors (Lipinski definition) is 0. The largest absolute Gasteiger partial charge is 0.298 e. The van der Waals surface area contributed by atoms with Crippen LogP contribution in [0.25, 0.3) is 6.08 Å². The van der Waals surface area contributed by atoms with E-state index in [1.165, 1.54) is 4.90 Å². The highest BCUT2D eigenvalue weighted by molar-refractivity contribution is 8.19. The molecule has 1 aliphatic heterocycles. The first-order valence-corrected chi connectivity index (χ1v) is 7.63. The van der Waals surface area contributed by atoms with E-state index in [0.717, 1.165) is 28.5 Å². The van der Waals surface area contributed by atoms with Gasteiger partial charge in [0.05, 0.1) is 10.6 Å². The van der Waals surface area contributed by atoms with E-state index in [1.807, 2.05) is 32.0 Å². The van der Waals surface area contributed by atoms with Crippen molar-refractivity contribution < 1.29 is 9.59 Å². The summed E-state index contributed by atoms with van der Waals surface area (Å²) < 4.78 is 0. The van der Waals surface area contributed by atoms with Gasteiger partial charge in [0, 0.05) is 12.4 Å². The van der Waals surface area contributed by atoms with Crippen LogP contribution in [-0.2, 0) is 4.79 Å². The number of carbonyl (C=O) groups is 2. The lowest BCUT2D eigenvalue weighted by Crippen LogP contribution is -2.28. The molecule has 0 radical (unpaired) electrons. The van der Waals surface area contributed by atoms with Crippen LogP contribution in [0.2, 0.25) is 0 Å². The molecule has 5 heteroatoms. The summed E-state index contributed by atoms with van der Waals surface area (Å²) in [5.41, 5.74) is 3.50. The Morgan fingerprint density at radius 2 is 1.82 bits per heavy atom. The molecule has 1 fully saturated rings. The molecule has 1 saturated heterocycles. The molecular weight excluding hydrogens is 296 g/mol. The van der Waals surface area contributed by atoms with E-state index in [1.54, 1.807) is 30.6 Å². The second kappa shape index (κ2) is 5.77. The van der Waals surface area contributed by atoms with Gasteiger partial charge in [-0.1, -0.05) is 17.7 Å². The molecule has 2 aromatic rings. The number of carbonyl (C=O) groups excluding carboxylic acids is 2. The van der Waals surface area contributed by atoms with Gasteiger partial charge >= 0.3 is 0 Å². The fourth-order valence-electron chi connectivity index (χ4n) is 2.34. The van der Waals surface area contributed by atoms with Gasteiger partial charge in [0.1, 0.15) is 0 Å². The number of imide groups is 1. The van der Waals surface area contributed by atoms with E-state index >= 15 is 0 Å². The molecule has 3 rings (SSSR count). The molecular formula is C17H14N2O2S. The molecule has 4 nitrogen and oxygen atoms in total. The highest BCUT2D eigenvalue weighted by Crippen LogP contribution is 2.37. The molecule has 110 valence electrons. The molecule has 0 saturated carbocycles. The maximum absolute atomic E-state index is 12.6. The molecule has 2 heterocycles. The summed E-state index contributed by atoms with van der Waals surface area (Å²) >= 11 is 0.962. The number of anilines is 1. The molecule has 0 atom stereocenters. The van der Waals surface area contributed by atoms with Gasteiger partial charge in [0.25, 0.3) is 11.1 Å². The first-order chi connectivity index (χ1) is 10.6. The van der Waals surface area contributed by atoms with Gasteiger partial charge in [0.15, 0.2) is 0 Å². The zero-order valence-corrected chi connectivity index (χ0v) is 13.1. The smallest absolute Gasteiger partial charge is 0.268 e. The van der Waals surface area contributed by atoms with E-state index in [2.05, 4.69) is 4.98 Å². The molecule has 0 N–H and O–H groups in total. The fraction of sp³-hybridized carbons (Fsp3) is 0.118. The number of rotatable bonds is 2. The van der Waals surface area contributed by atoms with E-state index in [4.69, 9.17) is 0 Å². The van der Waals surface area contributed by atoms with Crippen molar-refractivity contribution in [1.82, 2.24) is 4.98 Å². The van der Waals surface area contributed by atoms with Gasteiger partial charge in [-0.15, -0.1) is 0 Å². The minimum absolute atomic E-state index is 0.266. The number of pyridine rings is 1. The molecule has 22 heavy (non-hydrogen) atoms. The number of hydrogen-bond acceptors (Lipinski definition) is 4. The zero-order valence-electron chi connectivity index (χ0n) is 12.2. The summed E-state index contributed by atoms with van der Waals surface area (Å²) in [4.78, 5) is 30.4. The van der Waals surface area contributed by atoms with E-state index in [9.17, 15) is 9.59 Å². The molecule has 0 spiro atoms. The van der Waals surface area contributed by atoms with E-state index < -0.39 is 0 Å². The fourth-order valence-corrected chi connectivity index (χ4v) is 3.18. The van der Waals surface area contributed by atoms with Gasteiger partial charge in [-0.3, -0.25) is 14.6 Å². The Morgan fingerprint density at radius 3 is 2.50 bits per heavy atom. The summed E-state index contributed by atoms with van der Waals surface area (Å²) in [5.74, 6) is -0.279. The summed E-state index contributed by atoms with van der Waals surface area (Å²) in [6.07, 6.45) is 5.02. The summed E-state index contributed by atoms with van der Waals surface area (Å²) in [7, 11) is 0. The third kappa shape index (κ3) is 2.67. The molecule has 1 aliphatic rings. The number of amides is 2. The molecule has 2 amide bonds. The van der Waals surface area contributed by atoms with Crippen LogP contribution in [0.3, 0.4) is 0 Å². The van der Waals surface area contributed by atoms with Crippen molar-refractivity contribution in [3.05, 3.63) is 64.3 Å². The van der Waals surface area contributed by atoms with Crippen molar-refractivity contribution in [2.45, 2.75) is 13.8 Å². The van der Waals surface area contributed by atoms with Crippen molar-refractivity contribution in [2.75, 3.05) is 4.90 Å². The minimum atomic E-state index is -0.279. The minimum Gasteiger partial charge on any atom is -0.268 e. The Kier molecular flexibility index (Phi) is 3.81. The standard InChI is InChI=1S/C17H14N2O2S/c1-11-3-4-14(12(2)9-11)19-16(20)15(22-17(19)21)10-13-5-7-18-8-6-13/h3-10H,1-2H3/b15-10-. The molecule has 1 aromatic heterocycles. The quantitative estimate of drug-likeness (QED) is 0.788. The van der Waals surface area contributed by atoms with E-state index in [-0.39, 0.29) is 11.1 Å². The van der Waals surface area contributed by atoms with Crippen LogP contribution in [0.5, 0.6) is 0 Å². The number of aryl methyl sites for hydroxylation is 2. The first-order valence-electron chi connectivity index (χ1n) is 6.81. The molecule has 1 aromatic carbocycles. The highest BCUT2D eigenvalue weighted by Gasteiger charge is 2.36. The Balaban J connectivity index is 1.97. The Labute approximate surface area is 132 Å². The second-order valence-electron chi connectivity index (χ2n) is 5.09. The predicted octanol–water partition coefficient (Wildman–Crippen LogP) is 3.94. The second-order valence-corrected chi connectivity index (χ2v) is 6.08. The average molecular weight is 310 g/mol. The summed E-state index contributed by atoms with van der Waals surface area (Å²) in [5, 5.41) is -0.266. The zero-order chi connectivity index (χ0) is 15.7. The maximum atomic E-state index is 12.6. The molecule has 0 bridgehead atoms. The lowest BCUT2D eigenvalue weighted by molar-refractivity contribution is -0.113. The normalized spacial score (nSPS) is 16.6. The Hall–Kier alpha value is -2.40. The Bertz CT molecular complexity index is 785. The summed E-state index contributed by atoms with van der Waals surface area (Å²) in [6.45, 7) is 3.88. The average Bonchev–Trinajstić information content (AvgIpc) is 2.75. The predicted molar refractivity (Wildman–Crippen MR) is 88.6 cm³/mol. The van der Waals surface area contributed by atoms with Crippen LogP contribution >= 0.6 is 11.8 Å². The number of aromatic nitrogens is 1. The SMILES string of the molecule is Cc1ccc(N2C(=O)S/C(=C\c3ccncc3)C2=O)c(C)c1. The van der Waals surface area contributed by atoms with Crippen LogP contribution in [0.15, 0.2) is 47.6 Å². The van der Waals surface area contributed by atoms with Gasteiger partial charge in [0.2, 0.25) is 0 Å². The third-order valence-corrected chi connectivity index (χ3v) is 4.26. The van der Waals surface area contributed by atoms with Gasteiger partial charge in [-0.05, 0) is 61.0 Å². The number of thioether (sulfide) groups is 1. The number of benzene rings is 1. The Morgan fingerprint density at radius 1 is 1.09 bits per heavy atom. The van der Waals surface area contributed by atoms with Crippen molar-refractivity contribution in [1.29, 1.82) is 0 Å². The van der Waals surface area contributed by atoms with Crippen molar-refractivity contribution in [3.8, 4) is 0 Å². The van der Waals surface area contributed by atoms with Crippen molar-refractivity contribution in [3.63, 3.8) is 0 Å². The van der Waals surface area contributed by atoms with Crippen LogP contribution in [-0.4, -0.2) is 16.1 Å². The van der Waals surface area contributed by atoms with Crippen molar-refractivity contribution >= 4 is 34.7 Å². The summed E-state index contributed by atoms with van der Waals surface area (Å²) in [6, 6.07) is 9.27. The monoisotopic (exact) mass is 310 g/mol. The van der Waals surface area contributed by atoms with Crippen LogP contribution in [0, 0.1) is 13.8 Å². The van der Waals surface area contributed by atoms with E-state index in [0.29, 0.717) is 10.6 Å². The molecule has 0 unspecified atom stereocenters. The van der Waals surface area contributed by atoms with Crippen LogP contribution < -0.4 is 4.90 Å². The van der Waals surface area contributed by atoms with Gasteiger partial charge in [-0.2, -0.15) is 0 Å². The lowest BCUT2D eigenvalue weighted by Gasteiger charge is -2.15. The van der Waals surface area contributed by atoms with Crippen molar-refractivity contribution in [2.24, 2.45) is 0 Å². The van der Waals surface area contributed by atoms with Crippen LogP contribution in [0.4, 0.5) is 10.5 Å². The molecule has 0 aliphatic carbocycles. The third-order valence-electron chi connectivity index (χ3n) is 3.39. The first kappa shape index (κ1) is 14.5. The maximum Gasteiger partial charge on any atom is 0.298 e. The van der Waals surface area contributed by atoms with Gasteiger partial charge < -0.3 is 0 Å². The van der Waals surface area contributed by atoms with Gasteiger partial charge in [-0.25, -0.2) is 4.90 Å². The lowest BCUT2D eigenvalue weighted by atomic mass is 10.1. The highest BCUT2D eigenvalue weighted by atomic mass is 32.2. The number of nitrogens with zero attached hydrogens (tertiary/aromatic N) is 2.